The molecule has 1 heterocycles. The normalized spacial score (nSPS) is 30.6. The van der Waals surface area contributed by atoms with Crippen molar-refractivity contribution < 1.29 is 9.53 Å². The molecule has 1 fully saturated rings. The van der Waals surface area contributed by atoms with Crippen LogP contribution in [0.3, 0.4) is 0 Å². The quantitative estimate of drug-likeness (QED) is 0.556. The summed E-state index contributed by atoms with van der Waals surface area (Å²) in [5.41, 5.74) is 3.27. The summed E-state index contributed by atoms with van der Waals surface area (Å²) in [6.45, 7) is 0.776. The number of rotatable bonds is 0. The number of carbonyl (C=O) groups is 1. The second-order valence-corrected chi connectivity index (χ2v) is 3.60. The minimum Gasteiger partial charge on any atom is -0.373 e. The van der Waals surface area contributed by atoms with Crippen molar-refractivity contribution >= 4 is 5.78 Å². The molecular formula is C11H10O2. The maximum absolute atomic E-state index is 11.5. The fraction of sp³-hybridized carbons (Fsp3) is 0.364. The maximum atomic E-state index is 11.5. The summed E-state index contributed by atoms with van der Waals surface area (Å²) >= 11 is 0. The van der Waals surface area contributed by atoms with Gasteiger partial charge in [-0.1, -0.05) is 12.2 Å². The van der Waals surface area contributed by atoms with E-state index in [-0.39, 0.29) is 11.9 Å². The highest BCUT2D eigenvalue weighted by atomic mass is 16.5. The van der Waals surface area contributed by atoms with Crippen molar-refractivity contribution in [2.45, 2.75) is 18.9 Å². The molecular weight excluding hydrogens is 164 g/mol. The summed E-state index contributed by atoms with van der Waals surface area (Å²) in [5.74, 6) is 0.163. The number of allylic oxidation sites excluding steroid dienone is 4. The minimum absolute atomic E-state index is 0.163. The summed E-state index contributed by atoms with van der Waals surface area (Å²) in [6.07, 6.45) is 7.75. The first kappa shape index (κ1) is 7.27. The van der Waals surface area contributed by atoms with Crippen molar-refractivity contribution in [1.29, 1.82) is 0 Å². The molecule has 0 N–H and O–H groups in total. The van der Waals surface area contributed by atoms with Gasteiger partial charge in [0.2, 0.25) is 0 Å². The summed E-state index contributed by atoms with van der Waals surface area (Å²) in [6, 6.07) is 0. The number of ketones is 1. The van der Waals surface area contributed by atoms with Gasteiger partial charge >= 0.3 is 0 Å². The topological polar surface area (TPSA) is 26.3 Å². The molecule has 3 aliphatic rings. The average molecular weight is 174 g/mol. The molecule has 1 unspecified atom stereocenters. The van der Waals surface area contributed by atoms with Gasteiger partial charge in [-0.3, -0.25) is 4.79 Å². The molecule has 3 rings (SSSR count). The maximum Gasteiger partial charge on any atom is 0.186 e. The van der Waals surface area contributed by atoms with Crippen LogP contribution >= 0.6 is 0 Å². The van der Waals surface area contributed by atoms with Gasteiger partial charge in [-0.25, -0.2) is 0 Å². The van der Waals surface area contributed by atoms with E-state index in [1.807, 2.05) is 6.08 Å². The van der Waals surface area contributed by atoms with Gasteiger partial charge in [-0.05, 0) is 30.1 Å². The van der Waals surface area contributed by atoms with Gasteiger partial charge in [0, 0.05) is 5.57 Å². The highest BCUT2D eigenvalue weighted by Crippen LogP contribution is 2.37. The zero-order chi connectivity index (χ0) is 8.84. The third-order valence-electron chi connectivity index (χ3n) is 2.90. The van der Waals surface area contributed by atoms with E-state index in [0.717, 1.165) is 30.6 Å². The molecule has 13 heavy (non-hydrogen) atoms. The predicted molar refractivity (Wildman–Crippen MR) is 48.2 cm³/mol. The Kier molecular flexibility index (Phi) is 1.35. The zero-order valence-corrected chi connectivity index (χ0v) is 7.25. The van der Waals surface area contributed by atoms with Gasteiger partial charge < -0.3 is 4.74 Å². The van der Waals surface area contributed by atoms with Crippen LogP contribution in [0.15, 0.2) is 34.9 Å². The van der Waals surface area contributed by atoms with Crippen LogP contribution in [0.5, 0.6) is 0 Å². The monoisotopic (exact) mass is 174 g/mol. The lowest BCUT2D eigenvalue weighted by molar-refractivity contribution is -0.111. The standard InChI is InChI=1S/C11H10O2/c12-9-3-1-7-2-4-10-8(11(7)9)5-6-13-10/h1-3,10H,4-6H2. The zero-order valence-electron chi connectivity index (χ0n) is 7.25. The highest BCUT2D eigenvalue weighted by Gasteiger charge is 2.32. The molecule has 2 aliphatic carbocycles. The third-order valence-corrected chi connectivity index (χ3v) is 2.90. The van der Waals surface area contributed by atoms with E-state index in [2.05, 4.69) is 6.08 Å². The Balaban J connectivity index is 2.16. The van der Waals surface area contributed by atoms with Crippen LogP contribution in [0.1, 0.15) is 12.8 Å². The van der Waals surface area contributed by atoms with Crippen molar-refractivity contribution in [1.82, 2.24) is 0 Å². The van der Waals surface area contributed by atoms with E-state index in [0.29, 0.717) is 0 Å². The Bertz CT molecular complexity index is 372. The molecule has 66 valence electrons. The fourth-order valence-corrected chi connectivity index (χ4v) is 2.29. The van der Waals surface area contributed by atoms with Crippen LogP contribution in [-0.2, 0) is 9.53 Å². The van der Waals surface area contributed by atoms with Gasteiger partial charge in [0.15, 0.2) is 5.78 Å². The molecule has 1 aliphatic heterocycles. The van der Waals surface area contributed by atoms with Crippen molar-refractivity contribution in [2.24, 2.45) is 0 Å². The second-order valence-electron chi connectivity index (χ2n) is 3.60. The molecule has 0 bridgehead atoms. The summed E-state index contributed by atoms with van der Waals surface area (Å²) in [5, 5.41) is 0. The Hall–Kier alpha value is -1.15. The Morgan fingerprint density at radius 1 is 1.38 bits per heavy atom. The van der Waals surface area contributed by atoms with Crippen LogP contribution in [0, 0.1) is 0 Å². The van der Waals surface area contributed by atoms with E-state index < -0.39 is 0 Å². The summed E-state index contributed by atoms with van der Waals surface area (Å²) in [4.78, 5) is 11.5. The largest absolute Gasteiger partial charge is 0.373 e. The third kappa shape index (κ3) is 0.893. The van der Waals surface area contributed by atoms with Crippen LogP contribution in [0.2, 0.25) is 0 Å². The Morgan fingerprint density at radius 2 is 2.31 bits per heavy atom. The lowest BCUT2D eigenvalue weighted by Crippen LogP contribution is -2.14. The molecule has 2 nitrogen and oxygen atoms in total. The summed E-state index contributed by atoms with van der Waals surface area (Å²) in [7, 11) is 0. The fourth-order valence-electron chi connectivity index (χ4n) is 2.29. The lowest BCUT2D eigenvalue weighted by atomic mass is 9.89. The van der Waals surface area contributed by atoms with Crippen molar-refractivity contribution in [3.05, 3.63) is 34.9 Å². The Morgan fingerprint density at radius 3 is 3.23 bits per heavy atom. The lowest BCUT2D eigenvalue weighted by Gasteiger charge is -2.17. The molecule has 0 spiro atoms. The number of hydrogen-bond acceptors (Lipinski definition) is 2. The van der Waals surface area contributed by atoms with Crippen LogP contribution in [0.25, 0.3) is 0 Å². The van der Waals surface area contributed by atoms with Crippen molar-refractivity contribution in [3.63, 3.8) is 0 Å². The van der Waals surface area contributed by atoms with Crippen LogP contribution in [0.4, 0.5) is 0 Å². The number of fused-ring (bicyclic) bond motifs is 2. The Labute approximate surface area is 76.6 Å². The molecule has 0 aromatic carbocycles. The first-order chi connectivity index (χ1) is 6.36. The first-order valence-corrected chi connectivity index (χ1v) is 4.64. The van der Waals surface area contributed by atoms with Crippen LogP contribution in [-0.4, -0.2) is 18.5 Å². The van der Waals surface area contributed by atoms with E-state index in [4.69, 9.17) is 4.74 Å². The molecule has 0 amide bonds. The average Bonchev–Trinajstić information content (AvgIpc) is 2.70. The van der Waals surface area contributed by atoms with Gasteiger partial charge in [0.1, 0.15) is 0 Å². The summed E-state index contributed by atoms with van der Waals surface area (Å²) < 4.78 is 5.53. The van der Waals surface area contributed by atoms with E-state index >= 15 is 0 Å². The number of hydrogen-bond donors (Lipinski definition) is 0. The number of ether oxygens (including phenoxy) is 1. The van der Waals surface area contributed by atoms with Crippen molar-refractivity contribution in [3.8, 4) is 0 Å². The molecule has 0 saturated carbocycles. The second kappa shape index (κ2) is 2.42. The minimum atomic E-state index is 0.163. The molecule has 2 heteroatoms. The first-order valence-electron chi connectivity index (χ1n) is 4.64. The van der Waals surface area contributed by atoms with E-state index in [1.165, 1.54) is 5.57 Å². The SMILES string of the molecule is O=C1C=CC2=CCC3OCCC3=C12. The van der Waals surface area contributed by atoms with Gasteiger partial charge in [0.25, 0.3) is 0 Å². The van der Waals surface area contributed by atoms with E-state index in [9.17, 15) is 4.79 Å². The molecule has 1 atom stereocenters. The molecule has 1 saturated heterocycles. The molecule has 0 aromatic rings. The van der Waals surface area contributed by atoms with Gasteiger partial charge in [-0.15, -0.1) is 0 Å². The predicted octanol–water partition coefficient (Wildman–Crippen LogP) is 1.54. The molecule has 0 radical (unpaired) electrons. The van der Waals surface area contributed by atoms with Gasteiger partial charge in [0.05, 0.1) is 12.7 Å². The smallest absolute Gasteiger partial charge is 0.186 e. The number of carbonyl (C=O) groups excluding carboxylic acids is 1. The van der Waals surface area contributed by atoms with E-state index in [1.54, 1.807) is 6.08 Å². The van der Waals surface area contributed by atoms with Crippen molar-refractivity contribution in [2.75, 3.05) is 6.61 Å². The molecule has 0 aromatic heterocycles. The van der Waals surface area contributed by atoms with Crippen LogP contribution < -0.4 is 0 Å². The van der Waals surface area contributed by atoms with Gasteiger partial charge in [-0.2, -0.15) is 0 Å². The highest BCUT2D eigenvalue weighted by molar-refractivity contribution is 6.12.